The maximum atomic E-state index is 11.0. The van der Waals surface area contributed by atoms with Crippen molar-refractivity contribution < 1.29 is 29.5 Å². The molecule has 0 radical (unpaired) electrons. The van der Waals surface area contributed by atoms with Crippen molar-refractivity contribution in [1.82, 2.24) is 10.6 Å². The average Bonchev–Trinajstić information content (AvgIpc) is 2.88. The number of nitrogens with one attached hydrogen (secondary N) is 2. The quantitative estimate of drug-likeness (QED) is 0.348. The van der Waals surface area contributed by atoms with E-state index in [-0.39, 0.29) is 17.2 Å². The Hall–Kier alpha value is -4.11. The fourth-order valence-corrected chi connectivity index (χ4v) is 4.41. The molecule has 0 spiro atoms. The molecule has 3 aromatic carbocycles. The van der Waals surface area contributed by atoms with Gasteiger partial charge in [-0.25, -0.2) is 4.99 Å². The summed E-state index contributed by atoms with van der Waals surface area (Å²) in [5, 5.41) is 39.5. The summed E-state index contributed by atoms with van der Waals surface area (Å²) >= 11 is 0. The first kappa shape index (κ1) is 25.0. The van der Waals surface area contributed by atoms with Crippen molar-refractivity contribution in [3.05, 3.63) is 69.8 Å². The van der Waals surface area contributed by atoms with Crippen LogP contribution in [0.25, 0.3) is 0 Å². The van der Waals surface area contributed by atoms with E-state index in [0.717, 1.165) is 0 Å². The molecule has 36 heavy (non-hydrogen) atoms. The topological polar surface area (TPSA) is 125 Å². The summed E-state index contributed by atoms with van der Waals surface area (Å²) in [6.45, 7) is 5.29. The lowest BCUT2D eigenvalue weighted by Gasteiger charge is -2.33. The van der Waals surface area contributed by atoms with Crippen LogP contribution in [0.15, 0.2) is 41.4 Å². The van der Waals surface area contributed by atoms with Crippen molar-refractivity contribution >= 4 is 5.84 Å². The first-order valence-corrected chi connectivity index (χ1v) is 11.4. The Bertz CT molecular complexity index is 1340. The number of aromatic hydroxyl groups is 3. The Labute approximate surface area is 210 Å². The Morgan fingerprint density at radius 2 is 1.14 bits per heavy atom. The van der Waals surface area contributed by atoms with Gasteiger partial charge in [-0.05, 0) is 57.2 Å². The van der Waals surface area contributed by atoms with E-state index in [2.05, 4.69) is 10.6 Å². The van der Waals surface area contributed by atoms with Gasteiger partial charge in [0, 0.05) is 27.8 Å². The smallest absolute Gasteiger partial charge is 0.135 e. The zero-order valence-corrected chi connectivity index (χ0v) is 21.1. The van der Waals surface area contributed by atoms with Gasteiger partial charge in [0.2, 0.25) is 0 Å². The standard InChI is InChI=1S/C27H31N3O6/c1-13-19(34-4)10-7-16(22(13)31)25-28-26(17-8-11-20(35-5)14(2)23(17)32)30-27(29-25)18-9-12-21(36-6)15(3)24(18)33/h7-12,25-26,28,31-33H,1-6H3,(H,29,30). The van der Waals surface area contributed by atoms with Crippen molar-refractivity contribution in [2.45, 2.75) is 33.1 Å². The average molecular weight is 494 g/mol. The molecule has 1 aliphatic heterocycles. The van der Waals surface area contributed by atoms with Gasteiger partial charge in [0.25, 0.3) is 0 Å². The molecule has 9 heteroatoms. The van der Waals surface area contributed by atoms with Crippen molar-refractivity contribution in [1.29, 1.82) is 0 Å². The van der Waals surface area contributed by atoms with Crippen LogP contribution in [0, 0.1) is 20.8 Å². The first-order chi connectivity index (χ1) is 17.2. The molecule has 0 bridgehead atoms. The predicted octanol–water partition coefficient (Wildman–Crippen LogP) is 4.09. The highest BCUT2D eigenvalue weighted by Crippen LogP contribution is 2.40. The number of methoxy groups -OCH3 is 3. The Kier molecular flexibility index (Phi) is 6.85. The number of hydrogen-bond acceptors (Lipinski definition) is 9. The zero-order valence-electron chi connectivity index (χ0n) is 21.1. The van der Waals surface area contributed by atoms with Gasteiger partial charge in [-0.3, -0.25) is 5.32 Å². The van der Waals surface area contributed by atoms with Gasteiger partial charge in [0.05, 0.1) is 26.9 Å². The van der Waals surface area contributed by atoms with E-state index in [9.17, 15) is 15.3 Å². The highest BCUT2D eigenvalue weighted by Gasteiger charge is 2.31. The molecule has 190 valence electrons. The number of hydrogen-bond donors (Lipinski definition) is 5. The monoisotopic (exact) mass is 493 g/mol. The summed E-state index contributed by atoms with van der Waals surface area (Å²) in [7, 11) is 4.63. The molecule has 0 saturated carbocycles. The zero-order chi connectivity index (χ0) is 26.1. The Morgan fingerprint density at radius 1 is 0.667 bits per heavy atom. The van der Waals surface area contributed by atoms with E-state index < -0.39 is 12.3 Å². The Balaban J connectivity index is 1.86. The molecule has 0 fully saturated rings. The molecule has 1 aliphatic rings. The van der Waals surface area contributed by atoms with Crippen molar-refractivity contribution in [2.24, 2.45) is 4.99 Å². The fraction of sp³-hybridized carbons (Fsp3) is 0.296. The van der Waals surface area contributed by atoms with Gasteiger partial charge in [0.1, 0.15) is 52.7 Å². The largest absolute Gasteiger partial charge is 0.507 e. The van der Waals surface area contributed by atoms with Crippen molar-refractivity contribution in [3.8, 4) is 34.5 Å². The second kappa shape index (κ2) is 9.87. The van der Waals surface area contributed by atoms with E-state index in [1.165, 1.54) is 7.11 Å². The van der Waals surface area contributed by atoms with Crippen LogP contribution >= 0.6 is 0 Å². The van der Waals surface area contributed by atoms with Crippen molar-refractivity contribution in [2.75, 3.05) is 21.3 Å². The Morgan fingerprint density at radius 3 is 1.69 bits per heavy atom. The molecular formula is C27H31N3O6. The molecule has 1 heterocycles. The highest BCUT2D eigenvalue weighted by molar-refractivity contribution is 6.02. The minimum atomic E-state index is -0.709. The maximum Gasteiger partial charge on any atom is 0.135 e. The minimum absolute atomic E-state index is 0.0188. The molecule has 2 atom stereocenters. The molecule has 4 rings (SSSR count). The van der Waals surface area contributed by atoms with Crippen LogP contribution in [-0.2, 0) is 0 Å². The molecule has 0 saturated heterocycles. The first-order valence-electron chi connectivity index (χ1n) is 11.4. The summed E-state index contributed by atoms with van der Waals surface area (Å²) in [6.07, 6.45) is -1.32. The lowest BCUT2D eigenvalue weighted by Crippen LogP contribution is -2.45. The number of ether oxygens (including phenoxy) is 3. The number of phenolic OH excluding ortho intramolecular Hbond substituents is 3. The number of amidine groups is 1. The van der Waals surface area contributed by atoms with Gasteiger partial charge in [-0.15, -0.1) is 0 Å². The molecule has 3 aromatic rings. The predicted molar refractivity (Wildman–Crippen MR) is 136 cm³/mol. The van der Waals surface area contributed by atoms with Crippen LogP contribution in [-0.4, -0.2) is 42.5 Å². The van der Waals surface area contributed by atoms with Crippen molar-refractivity contribution in [3.63, 3.8) is 0 Å². The van der Waals surface area contributed by atoms with Gasteiger partial charge in [-0.1, -0.05) is 0 Å². The summed E-state index contributed by atoms with van der Waals surface area (Å²) in [5.74, 6) is 2.16. The summed E-state index contributed by atoms with van der Waals surface area (Å²) in [6, 6.07) is 10.5. The van der Waals surface area contributed by atoms with Gasteiger partial charge in [0.15, 0.2) is 0 Å². The molecule has 9 nitrogen and oxygen atoms in total. The maximum absolute atomic E-state index is 11.0. The van der Waals surface area contributed by atoms with E-state index in [1.54, 1.807) is 71.4 Å². The third-order valence-electron chi connectivity index (χ3n) is 6.59. The number of nitrogens with zero attached hydrogens (tertiary/aromatic N) is 1. The molecule has 0 aliphatic carbocycles. The van der Waals surface area contributed by atoms with E-state index in [0.29, 0.717) is 56.5 Å². The van der Waals surface area contributed by atoms with Crippen LogP contribution in [0.5, 0.6) is 34.5 Å². The number of rotatable bonds is 6. The number of benzene rings is 3. The minimum Gasteiger partial charge on any atom is -0.507 e. The number of aliphatic imine (C=N–C) groups is 1. The molecule has 2 unspecified atom stereocenters. The lowest BCUT2D eigenvalue weighted by atomic mass is 10.0. The normalized spacial score (nSPS) is 17.2. The lowest BCUT2D eigenvalue weighted by molar-refractivity contribution is 0.366. The summed E-state index contributed by atoms with van der Waals surface area (Å²) in [5.41, 5.74) is 3.27. The second-order valence-electron chi connectivity index (χ2n) is 8.57. The fourth-order valence-electron chi connectivity index (χ4n) is 4.41. The van der Waals surface area contributed by atoms with Crippen LogP contribution in [0.1, 0.15) is 45.7 Å². The van der Waals surface area contributed by atoms with Crippen LogP contribution in [0.2, 0.25) is 0 Å². The summed E-state index contributed by atoms with van der Waals surface area (Å²) < 4.78 is 16.0. The van der Waals surface area contributed by atoms with Gasteiger partial charge >= 0.3 is 0 Å². The SMILES string of the molecule is COc1ccc(C2=NC(c3ccc(OC)c(C)c3O)NC(c3ccc(OC)c(C)c3O)N2)c(O)c1C. The summed E-state index contributed by atoms with van der Waals surface area (Å²) in [4.78, 5) is 4.79. The molecule has 0 amide bonds. The molecule has 0 aromatic heterocycles. The van der Waals surface area contributed by atoms with Crippen LogP contribution in [0.3, 0.4) is 0 Å². The van der Waals surface area contributed by atoms with E-state index in [1.807, 2.05) is 0 Å². The van der Waals surface area contributed by atoms with Gasteiger partial charge in [-0.2, -0.15) is 0 Å². The molecule has 5 N–H and O–H groups in total. The third-order valence-corrected chi connectivity index (χ3v) is 6.59. The number of phenols is 3. The third kappa shape index (κ3) is 4.22. The van der Waals surface area contributed by atoms with E-state index >= 15 is 0 Å². The van der Waals surface area contributed by atoms with Gasteiger partial charge < -0.3 is 34.8 Å². The highest BCUT2D eigenvalue weighted by atomic mass is 16.5. The van der Waals surface area contributed by atoms with E-state index in [4.69, 9.17) is 19.2 Å². The van der Waals surface area contributed by atoms with Crippen LogP contribution < -0.4 is 24.8 Å². The van der Waals surface area contributed by atoms with Crippen LogP contribution in [0.4, 0.5) is 0 Å². The second-order valence-corrected chi connectivity index (χ2v) is 8.57. The molecular weight excluding hydrogens is 462 g/mol.